The van der Waals surface area contributed by atoms with Crippen LogP contribution in [0.15, 0.2) is 36.5 Å². The molecule has 17 heavy (non-hydrogen) atoms. The summed E-state index contributed by atoms with van der Waals surface area (Å²) in [5, 5.41) is 10.5. The molecule has 0 spiro atoms. The second-order valence-corrected chi connectivity index (χ2v) is 3.23. The van der Waals surface area contributed by atoms with Gasteiger partial charge in [-0.25, -0.2) is 9.97 Å². The van der Waals surface area contributed by atoms with E-state index in [1.807, 2.05) is 0 Å². The van der Waals surface area contributed by atoms with Gasteiger partial charge in [0.15, 0.2) is 12.1 Å². The Labute approximate surface area is 96.1 Å². The molecule has 2 rings (SSSR count). The summed E-state index contributed by atoms with van der Waals surface area (Å²) in [5.74, 6) is 0.365. The Morgan fingerprint density at radius 2 is 1.88 bits per heavy atom. The fraction of sp³-hybridized carbons (Fsp3) is 0. The molecule has 84 valence electrons. The number of benzene rings is 1. The van der Waals surface area contributed by atoms with Gasteiger partial charge in [0.1, 0.15) is 5.69 Å². The minimum absolute atomic E-state index is 0.000270. The van der Waals surface area contributed by atoms with Crippen LogP contribution >= 0.6 is 0 Å². The zero-order valence-electron chi connectivity index (χ0n) is 8.61. The van der Waals surface area contributed by atoms with Crippen molar-refractivity contribution in [2.45, 2.75) is 0 Å². The van der Waals surface area contributed by atoms with Crippen LogP contribution in [0.25, 0.3) is 11.4 Å². The van der Waals surface area contributed by atoms with E-state index in [2.05, 4.69) is 9.97 Å². The van der Waals surface area contributed by atoms with Crippen molar-refractivity contribution >= 4 is 12.0 Å². The second kappa shape index (κ2) is 4.48. The Morgan fingerprint density at radius 1 is 1.18 bits per heavy atom. The molecule has 6 nitrogen and oxygen atoms in total. The zero-order chi connectivity index (χ0) is 12.3. The van der Waals surface area contributed by atoms with Crippen LogP contribution in [0.4, 0.5) is 5.69 Å². The average molecular weight is 229 g/mol. The number of non-ortho nitro benzene ring substituents is 1. The van der Waals surface area contributed by atoms with Gasteiger partial charge >= 0.3 is 0 Å². The molecule has 0 aliphatic heterocycles. The number of aldehydes is 1. The molecule has 0 saturated heterocycles. The van der Waals surface area contributed by atoms with E-state index in [1.165, 1.54) is 24.4 Å². The van der Waals surface area contributed by atoms with E-state index in [4.69, 9.17) is 0 Å². The maximum absolute atomic E-state index is 10.6. The number of rotatable bonds is 3. The van der Waals surface area contributed by atoms with E-state index in [-0.39, 0.29) is 11.4 Å². The number of nitrogens with zero attached hydrogens (tertiary/aromatic N) is 3. The Morgan fingerprint density at radius 3 is 2.47 bits per heavy atom. The summed E-state index contributed by atoms with van der Waals surface area (Å²) in [5.41, 5.74) is 0.896. The van der Waals surface area contributed by atoms with Gasteiger partial charge in [-0.2, -0.15) is 0 Å². The molecule has 2 aromatic rings. The number of carbonyl (C=O) groups is 1. The number of aromatic nitrogens is 2. The van der Waals surface area contributed by atoms with E-state index in [9.17, 15) is 14.9 Å². The molecular formula is C11H7N3O3. The normalized spacial score (nSPS) is 9.88. The third-order valence-electron chi connectivity index (χ3n) is 2.13. The molecule has 0 atom stereocenters. The van der Waals surface area contributed by atoms with Gasteiger partial charge in [0.25, 0.3) is 5.69 Å². The van der Waals surface area contributed by atoms with Gasteiger partial charge in [-0.1, -0.05) is 0 Å². The molecule has 1 heterocycles. The Bertz CT molecular complexity index is 566. The molecule has 0 N–H and O–H groups in total. The summed E-state index contributed by atoms with van der Waals surface area (Å²) in [4.78, 5) is 28.5. The summed E-state index contributed by atoms with van der Waals surface area (Å²) in [7, 11) is 0. The van der Waals surface area contributed by atoms with Crippen LogP contribution in [0.5, 0.6) is 0 Å². The van der Waals surface area contributed by atoms with Gasteiger partial charge in [-0.15, -0.1) is 0 Å². The predicted octanol–water partition coefficient (Wildman–Crippen LogP) is 1.86. The molecule has 0 aliphatic carbocycles. The molecule has 0 bridgehead atoms. The highest BCUT2D eigenvalue weighted by Crippen LogP contribution is 2.18. The number of nitro benzene ring substituents is 1. The van der Waals surface area contributed by atoms with Crippen LogP contribution in [-0.4, -0.2) is 21.2 Å². The monoisotopic (exact) mass is 229 g/mol. The molecule has 6 heteroatoms. The van der Waals surface area contributed by atoms with Crippen molar-refractivity contribution in [1.82, 2.24) is 9.97 Å². The highest BCUT2D eigenvalue weighted by molar-refractivity contribution is 5.72. The maximum atomic E-state index is 10.6. The van der Waals surface area contributed by atoms with Crippen molar-refractivity contribution in [1.29, 1.82) is 0 Å². The van der Waals surface area contributed by atoms with Crippen molar-refractivity contribution in [2.24, 2.45) is 0 Å². The van der Waals surface area contributed by atoms with E-state index >= 15 is 0 Å². The Kier molecular flexibility index (Phi) is 2.87. The SMILES string of the molecule is O=Cc1ccnc(-c2ccc([N+](=O)[O-])cc2)n1. The summed E-state index contributed by atoms with van der Waals surface area (Å²) in [6, 6.07) is 7.31. The first-order valence-electron chi connectivity index (χ1n) is 4.74. The largest absolute Gasteiger partial charge is 0.296 e. The van der Waals surface area contributed by atoms with E-state index in [1.54, 1.807) is 12.1 Å². The van der Waals surface area contributed by atoms with Crippen molar-refractivity contribution in [2.75, 3.05) is 0 Å². The summed E-state index contributed by atoms with van der Waals surface area (Å²) in [6.07, 6.45) is 2.09. The summed E-state index contributed by atoms with van der Waals surface area (Å²) in [6.45, 7) is 0. The van der Waals surface area contributed by atoms with Crippen LogP contribution < -0.4 is 0 Å². The molecule has 0 aliphatic rings. The molecular weight excluding hydrogens is 222 g/mol. The number of hydrogen-bond donors (Lipinski definition) is 0. The molecule has 0 radical (unpaired) electrons. The van der Waals surface area contributed by atoms with Crippen LogP contribution in [0.1, 0.15) is 10.5 Å². The highest BCUT2D eigenvalue weighted by Gasteiger charge is 2.07. The zero-order valence-corrected chi connectivity index (χ0v) is 8.61. The first kappa shape index (κ1) is 10.9. The van der Waals surface area contributed by atoms with Gasteiger partial charge in [-0.3, -0.25) is 14.9 Å². The predicted molar refractivity (Wildman–Crippen MR) is 59.5 cm³/mol. The van der Waals surface area contributed by atoms with Crippen LogP contribution in [0.3, 0.4) is 0 Å². The van der Waals surface area contributed by atoms with E-state index < -0.39 is 4.92 Å². The van der Waals surface area contributed by atoms with Gasteiger partial charge in [0, 0.05) is 23.9 Å². The van der Waals surface area contributed by atoms with Crippen molar-refractivity contribution in [3.05, 3.63) is 52.3 Å². The van der Waals surface area contributed by atoms with Crippen molar-refractivity contribution in [3.8, 4) is 11.4 Å². The molecule has 1 aromatic heterocycles. The lowest BCUT2D eigenvalue weighted by atomic mass is 10.2. The van der Waals surface area contributed by atoms with E-state index in [0.29, 0.717) is 17.7 Å². The van der Waals surface area contributed by atoms with Crippen LogP contribution in [-0.2, 0) is 0 Å². The lowest BCUT2D eigenvalue weighted by molar-refractivity contribution is -0.384. The quantitative estimate of drug-likeness (QED) is 0.455. The highest BCUT2D eigenvalue weighted by atomic mass is 16.6. The molecule has 0 unspecified atom stereocenters. The van der Waals surface area contributed by atoms with Gasteiger partial charge in [-0.05, 0) is 18.2 Å². The maximum Gasteiger partial charge on any atom is 0.269 e. The fourth-order valence-electron chi connectivity index (χ4n) is 1.31. The van der Waals surface area contributed by atoms with Crippen LogP contribution in [0.2, 0.25) is 0 Å². The second-order valence-electron chi connectivity index (χ2n) is 3.23. The number of hydrogen-bond acceptors (Lipinski definition) is 5. The standard InChI is InChI=1S/C11H7N3O3/c15-7-9-5-6-12-11(13-9)8-1-3-10(4-2-8)14(16)17/h1-7H. The lowest BCUT2D eigenvalue weighted by Gasteiger charge is -1.99. The van der Waals surface area contributed by atoms with Gasteiger partial charge in [0.2, 0.25) is 0 Å². The van der Waals surface area contributed by atoms with Gasteiger partial charge in [0.05, 0.1) is 4.92 Å². The lowest BCUT2D eigenvalue weighted by Crippen LogP contribution is -1.93. The average Bonchev–Trinajstić information content (AvgIpc) is 2.39. The minimum atomic E-state index is -0.480. The third kappa shape index (κ3) is 2.31. The number of nitro groups is 1. The fourth-order valence-corrected chi connectivity index (χ4v) is 1.31. The Balaban J connectivity index is 2.39. The van der Waals surface area contributed by atoms with Gasteiger partial charge < -0.3 is 0 Å². The first-order chi connectivity index (χ1) is 8.20. The van der Waals surface area contributed by atoms with Crippen molar-refractivity contribution < 1.29 is 9.72 Å². The molecule has 0 saturated carbocycles. The first-order valence-corrected chi connectivity index (χ1v) is 4.74. The van der Waals surface area contributed by atoms with Crippen molar-refractivity contribution in [3.63, 3.8) is 0 Å². The van der Waals surface area contributed by atoms with E-state index in [0.717, 1.165) is 0 Å². The topological polar surface area (TPSA) is 86.0 Å². The summed E-state index contributed by atoms with van der Waals surface area (Å²) < 4.78 is 0. The summed E-state index contributed by atoms with van der Waals surface area (Å²) >= 11 is 0. The smallest absolute Gasteiger partial charge is 0.269 e. The molecule has 0 amide bonds. The molecule has 1 aromatic carbocycles. The molecule has 0 fully saturated rings. The third-order valence-corrected chi connectivity index (χ3v) is 2.13. The number of carbonyl (C=O) groups excluding carboxylic acids is 1. The minimum Gasteiger partial charge on any atom is -0.296 e. The Hall–Kier alpha value is -2.63. The van der Waals surface area contributed by atoms with Crippen LogP contribution in [0, 0.1) is 10.1 Å².